The average Bonchev–Trinajstić information content (AvgIpc) is 4.04. The van der Waals surface area contributed by atoms with Crippen molar-refractivity contribution in [1.82, 2.24) is 35.1 Å². The number of hydrogen-bond donors (Lipinski definition) is 4. The highest BCUT2D eigenvalue weighted by Crippen LogP contribution is 2.47. The SMILES string of the molecule is CC(C)C(N)C(=O)N1CCCC1c1ncc(C2CCC(c3ccc(-c4cnc(C5CCCN5C(=O)C(NC(=O)OC(C)(C)C)C(C)C)[nH]4)c4c5ccc(o5)c34)CC2)[nH]1. The molecule has 5 N–H and O–H groups in total. The number of imidazole rings is 2. The number of alkyl carbamates (subject to hydrolysis) is 1. The van der Waals surface area contributed by atoms with Gasteiger partial charge >= 0.3 is 6.09 Å². The minimum absolute atomic E-state index is 0.0179. The molecule has 6 heterocycles. The third kappa shape index (κ3) is 7.57. The van der Waals surface area contributed by atoms with Gasteiger partial charge in [-0.25, -0.2) is 14.8 Å². The molecule has 5 aromatic rings. The van der Waals surface area contributed by atoms with E-state index in [0.717, 1.165) is 103 Å². The second kappa shape index (κ2) is 15.7. The van der Waals surface area contributed by atoms with Crippen molar-refractivity contribution in [2.75, 3.05) is 13.1 Å². The first-order valence-corrected chi connectivity index (χ1v) is 21.4. The van der Waals surface area contributed by atoms with Gasteiger partial charge in [-0.05, 0) is 108 Å². The second-order valence-corrected chi connectivity index (χ2v) is 18.6. The summed E-state index contributed by atoms with van der Waals surface area (Å²) in [5.41, 5.74) is 11.8. The third-order valence-corrected chi connectivity index (χ3v) is 12.8. The number of aromatic nitrogens is 4. The fourth-order valence-corrected chi connectivity index (χ4v) is 9.63. The topological polar surface area (TPSA) is 175 Å². The molecule has 13 heteroatoms. The van der Waals surface area contributed by atoms with Gasteiger partial charge in [0.2, 0.25) is 11.8 Å². The fraction of sp³-hybridized carbons (Fsp3) is 0.578. The van der Waals surface area contributed by atoms with E-state index in [9.17, 15) is 14.4 Å². The third-order valence-electron chi connectivity index (χ3n) is 12.8. The van der Waals surface area contributed by atoms with E-state index in [4.69, 9.17) is 24.9 Å². The monoisotopic (exact) mass is 792 g/mol. The van der Waals surface area contributed by atoms with Crippen LogP contribution in [0.1, 0.15) is 147 Å². The molecular formula is C45H60N8O5. The minimum atomic E-state index is -0.713. The summed E-state index contributed by atoms with van der Waals surface area (Å²) in [7, 11) is 0. The second-order valence-electron chi connectivity index (χ2n) is 18.6. The number of furan rings is 2. The van der Waals surface area contributed by atoms with E-state index in [1.807, 2.05) is 76.7 Å². The van der Waals surface area contributed by atoms with Gasteiger partial charge in [-0.1, -0.05) is 39.8 Å². The Kier molecular flexibility index (Phi) is 10.8. The van der Waals surface area contributed by atoms with E-state index in [0.29, 0.717) is 18.4 Å². The summed E-state index contributed by atoms with van der Waals surface area (Å²) in [4.78, 5) is 60.5. The van der Waals surface area contributed by atoms with Crippen molar-refractivity contribution in [3.8, 4) is 11.3 Å². The zero-order valence-electron chi connectivity index (χ0n) is 35.1. The van der Waals surface area contributed by atoms with Gasteiger partial charge in [0.1, 0.15) is 34.5 Å². The van der Waals surface area contributed by atoms with E-state index >= 15 is 0 Å². The zero-order valence-corrected chi connectivity index (χ0v) is 35.1. The number of nitrogens with zero attached hydrogens (tertiary/aromatic N) is 4. The number of nitrogens with one attached hydrogen (secondary N) is 3. The number of fused-ring (bicyclic) bond motifs is 5. The van der Waals surface area contributed by atoms with Crippen LogP contribution in [0.15, 0.2) is 41.1 Å². The number of amides is 3. The van der Waals surface area contributed by atoms with Crippen LogP contribution in [0.2, 0.25) is 0 Å². The Morgan fingerprint density at radius 1 is 0.793 bits per heavy atom. The molecular weight excluding hydrogens is 733 g/mol. The normalized spacial score (nSPS) is 22.8. The summed E-state index contributed by atoms with van der Waals surface area (Å²) in [5.74, 6) is 2.26. The van der Waals surface area contributed by atoms with Crippen molar-refractivity contribution in [2.45, 2.75) is 141 Å². The maximum absolute atomic E-state index is 14.0. The summed E-state index contributed by atoms with van der Waals surface area (Å²) >= 11 is 0. The number of benzene rings is 2. The molecule has 2 saturated heterocycles. The Bertz CT molecular complexity index is 2250. The Hall–Kier alpha value is -4.91. The molecule has 2 aliphatic heterocycles. The van der Waals surface area contributed by atoms with Crippen molar-refractivity contribution >= 4 is 39.8 Å². The number of rotatable bonds is 10. The van der Waals surface area contributed by atoms with Crippen LogP contribution < -0.4 is 11.1 Å². The number of nitrogens with two attached hydrogens (primary N) is 1. The van der Waals surface area contributed by atoms with Crippen molar-refractivity contribution < 1.29 is 23.5 Å². The Labute approximate surface area is 340 Å². The molecule has 4 atom stereocenters. The Morgan fingerprint density at radius 2 is 1.40 bits per heavy atom. The molecule has 310 valence electrons. The molecule has 0 spiro atoms. The fourth-order valence-electron chi connectivity index (χ4n) is 9.63. The van der Waals surface area contributed by atoms with Crippen LogP contribution in [-0.2, 0) is 14.3 Å². The van der Waals surface area contributed by atoms with Crippen LogP contribution in [-0.4, -0.2) is 78.4 Å². The molecule has 1 saturated carbocycles. The number of likely N-dealkylation sites (tertiary alicyclic amines) is 2. The highest BCUT2D eigenvalue weighted by Gasteiger charge is 2.39. The average molecular weight is 793 g/mol. The van der Waals surface area contributed by atoms with Crippen molar-refractivity contribution in [2.24, 2.45) is 17.6 Å². The molecule has 13 nitrogen and oxygen atoms in total. The summed E-state index contributed by atoms with van der Waals surface area (Å²) in [5, 5.41) is 5.11. The molecule has 3 amide bonds. The minimum Gasteiger partial charge on any atom is -0.456 e. The molecule has 1 aliphatic carbocycles. The van der Waals surface area contributed by atoms with Gasteiger partial charge < -0.3 is 40.0 Å². The highest BCUT2D eigenvalue weighted by atomic mass is 16.6. The van der Waals surface area contributed by atoms with Crippen molar-refractivity contribution in [3.63, 3.8) is 0 Å². The highest BCUT2D eigenvalue weighted by molar-refractivity contribution is 6.15. The van der Waals surface area contributed by atoms with Crippen LogP contribution in [0.4, 0.5) is 4.79 Å². The maximum atomic E-state index is 14.0. The van der Waals surface area contributed by atoms with Gasteiger partial charge in [0.15, 0.2) is 0 Å². The number of hydrogen-bond acceptors (Lipinski definition) is 8. The summed E-state index contributed by atoms with van der Waals surface area (Å²) < 4.78 is 11.8. The molecule has 4 unspecified atom stereocenters. The number of aromatic amines is 2. The first-order valence-electron chi connectivity index (χ1n) is 21.4. The molecule has 58 heavy (non-hydrogen) atoms. The number of H-pyrrole nitrogens is 2. The molecule has 2 bridgehead atoms. The smallest absolute Gasteiger partial charge is 0.408 e. The van der Waals surface area contributed by atoms with Crippen LogP contribution in [0, 0.1) is 11.8 Å². The van der Waals surface area contributed by atoms with Gasteiger partial charge in [0.05, 0.1) is 30.0 Å². The lowest BCUT2D eigenvalue weighted by Crippen LogP contribution is -2.52. The lowest BCUT2D eigenvalue weighted by Gasteiger charge is -2.31. The van der Waals surface area contributed by atoms with Crippen molar-refractivity contribution in [3.05, 3.63) is 59.6 Å². The van der Waals surface area contributed by atoms with Gasteiger partial charge in [-0.3, -0.25) is 9.59 Å². The van der Waals surface area contributed by atoms with Crippen LogP contribution in [0.3, 0.4) is 0 Å². The first kappa shape index (κ1) is 39.9. The standard InChI is InChI=1S/C45H60N8O5/c1-24(2)38(46)42(54)52-20-8-10-32(52)40-47-22-30(49-40)27-14-12-26(13-15-27)28-16-17-29(37-35-19-18-34(57-35)36(28)37)31-23-48-41(50-31)33-11-9-21-53(33)43(55)39(25(3)4)51-44(56)58-45(5,6)7/h16-19,22-27,32-33,38-39H,8-15,20-21,46H2,1-7H3,(H,47,49)(H,48,50)(H,51,56). The van der Waals surface area contributed by atoms with E-state index in [-0.39, 0.29) is 35.7 Å². The summed E-state index contributed by atoms with van der Waals surface area (Å²) in [6.45, 7) is 14.6. The Morgan fingerprint density at radius 3 is 2.03 bits per heavy atom. The van der Waals surface area contributed by atoms with Gasteiger partial charge in [0, 0.05) is 47.2 Å². The van der Waals surface area contributed by atoms with Gasteiger partial charge in [-0.15, -0.1) is 0 Å². The predicted octanol–water partition coefficient (Wildman–Crippen LogP) is 8.44. The summed E-state index contributed by atoms with van der Waals surface area (Å²) in [6, 6.07) is 7.11. The van der Waals surface area contributed by atoms with Crippen LogP contribution >= 0.6 is 0 Å². The lowest BCUT2D eigenvalue weighted by atomic mass is 9.76. The van der Waals surface area contributed by atoms with Gasteiger partial charge in [0.25, 0.3) is 0 Å². The van der Waals surface area contributed by atoms with Crippen LogP contribution in [0.5, 0.6) is 0 Å². The van der Waals surface area contributed by atoms with Gasteiger partial charge in [-0.2, -0.15) is 0 Å². The number of carbonyl (C=O) groups is 3. The lowest BCUT2D eigenvalue weighted by molar-refractivity contribution is -0.136. The zero-order chi connectivity index (χ0) is 41.0. The van der Waals surface area contributed by atoms with Crippen molar-refractivity contribution in [1.29, 1.82) is 0 Å². The van der Waals surface area contributed by atoms with E-state index < -0.39 is 23.8 Å². The Balaban J connectivity index is 0.971. The quantitative estimate of drug-likeness (QED) is 0.109. The predicted molar refractivity (Wildman–Crippen MR) is 223 cm³/mol. The first-order chi connectivity index (χ1) is 27.7. The molecule has 4 aromatic heterocycles. The molecule has 1 aromatic carbocycles. The molecule has 3 aliphatic rings. The molecule has 8 rings (SSSR count). The molecule has 3 fully saturated rings. The van der Waals surface area contributed by atoms with E-state index in [1.165, 1.54) is 10.9 Å². The maximum Gasteiger partial charge on any atom is 0.408 e. The summed E-state index contributed by atoms with van der Waals surface area (Å²) in [6.07, 6.45) is 10.9. The number of carbonyl (C=O) groups excluding carboxylic acids is 3. The van der Waals surface area contributed by atoms with Crippen LogP contribution in [0.25, 0.3) is 33.2 Å². The molecule has 0 radical (unpaired) electrons. The van der Waals surface area contributed by atoms with E-state index in [2.05, 4.69) is 33.5 Å². The van der Waals surface area contributed by atoms with E-state index in [1.54, 1.807) is 0 Å². The largest absolute Gasteiger partial charge is 0.456 e. The number of ether oxygens (including phenoxy) is 1.